The number of phenolic OH excluding ortho intramolecular Hbond substituents is 12. The summed E-state index contributed by atoms with van der Waals surface area (Å²) in [5.74, 6) is 7.23. The van der Waals surface area contributed by atoms with E-state index in [0.29, 0.717) is 51.1 Å². The molecule has 6 aromatic carbocycles. The van der Waals surface area contributed by atoms with Gasteiger partial charge in [-0.1, -0.05) is 256 Å². The Balaban J connectivity index is 0.000000233. The van der Waals surface area contributed by atoms with Gasteiger partial charge in [-0.15, -0.1) is 0 Å². The normalized spacial score (nSPS) is 21.3. The molecular weight excluding hydrogens is 1790 g/mol. The van der Waals surface area contributed by atoms with E-state index in [9.17, 15) is 61.3 Å². The number of aromatic hydroxyl groups is 12. The molecule has 786 valence electrons. The highest BCUT2D eigenvalue weighted by molar-refractivity contribution is 7.98. The van der Waals surface area contributed by atoms with E-state index in [1.807, 2.05) is 126 Å². The van der Waals surface area contributed by atoms with Crippen LogP contribution in [-0.2, 0) is 32.1 Å². The lowest BCUT2D eigenvalue weighted by atomic mass is 9.73. The maximum Gasteiger partial charge on any atom is 0.123 e. The maximum atomic E-state index is 10.7. The van der Waals surface area contributed by atoms with E-state index >= 15 is 0 Å². The number of thioether (sulfide) groups is 1. The van der Waals surface area contributed by atoms with Crippen LogP contribution in [0.3, 0.4) is 0 Å². The highest BCUT2D eigenvalue weighted by atomic mass is 32.2. The summed E-state index contributed by atoms with van der Waals surface area (Å²) in [5.41, 5.74) is 24.7. The Morgan fingerprint density at radius 1 is 0.280 bits per heavy atom. The van der Waals surface area contributed by atoms with Crippen LogP contribution in [0.25, 0.3) is 0 Å². The average Bonchev–Trinajstić information content (AvgIpc) is 0.822. The maximum absolute atomic E-state index is 10.7. The predicted octanol–water partition coefficient (Wildman–Crippen LogP) is 36.5. The number of allylic oxidation sites excluding steroid dienone is 18. The third-order valence-electron chi connectivity index (χ3n) is 31.3. The lowest BCUT2D eigenvalue weighted by Gasteiger charge is -2.31. The van der Waals surface area contributed by atoms with Crippen molar-refractivity contribution in [2.24, 2.45) is 47.3 Å². The fraction of sp³-hybridized carbons (Fsp3) is 0.538. The second kappa shape index (κ2) is 59.1. The van der Waals surface area contributed by atoms with Crippen molar-refractivity contribution in [3.63, 3.8) is 0 Å². The Labute approximate surface area is 869 Å². The second-order valence-corrected chi connectivity index (χ2v) is 45.5. The van der Waals surface area contributed by atoms with E-state index in [1.165, 1.54) is 65.5 Å². The third-order valence-corrected chi connectivity index (χ3v) is 32.0. The first-order valence-electron chi connectivity index (χ1n) is 54.5. The molecule has 6 aliphatic carbocycles. The fourth-order valence-electron chi connectivity index (χ4n) is 22.5. The summed E-state index contributed by atoms with van der Waals surface area (Å²) in [6.45, 7) is 67.3. The molecular formula is C130H188O12S. The Morgan fingerprint density at radius 3 is 0.720 bits per heavy atom. The van der Waals surface area contributed by atoms with E-state index in [-0.39, 0.29) is 140 Å². The molecule has 0 saturated carbocycles. The summed E-state index contributed by atoms with van der Waals surface area (Å²) >= 11 is 1.85. The van der Waals surface area contributed by atoms with Crippen LogP contribution in [0.5, 0.6) is 69.0 Å². The molecule has 0 radical (unpaired) electrons. The number of hydrogen-bond donors (Lipinski definition) is 12. The Hall–Kier alpha value is -9.85. The summed E-state index contributed by atoms with van der Waals surface area (Å²) in [7, 11) is 0. The second-order valence-electron chi connectivity index (χ2n) is 44.5. The van der Waals surface area contributed by atoms with Gasteiger partial charge in [-0.05, 0) is 409 Å². The van der Waals surface area contributed by atoms with Crippen molar-refractivity contribution in [3.05, 3.63) is 282 Å². The molecule has 0 spiro atoms. The number of phenols is 12. The average molecular weight is 1970 g/mol. The molecule has 6 aliphatic rings. The van der Waals surface area contributed by atoms with Crippen LogP contribution in [0.2, 0.25) is 0 Å². The number of rotatable bonds is 38. The van der Waals surface area contributed by atoms with Gasteiger partial charge in [0.25, 0.3) is 0 Å². The molecule has 0 fully saturated rings. The first-order chi connectivity index (χ1) is 67.8. The molecule has 0 bridgehead atoms. The molecule has 143 heavy (non-hydrogen) atoms. The fourth-order valence-corrected chi connectivity index (χ4v) is 22.9. The topological polar surface area (TPSA) is 243 Å². The highest BCUT2D eigenvalue weighted by Gasteiger charge is 2.38. The van der Waals surface area contributed by atoms with Crippen molar-refractivity contribution in [2.45, 2.75) is 392 Å². The first kappa shape index (κ1) is 120. The van der Waals surface area contributed by atoms with Gasteiger partial charge in [-0.2, -0.15) is 11.8 Å². The van der Waals surface area contributed by atoms with E-state index in [2.05, 4.69) is 179 Å². The van der Waals surface area contributed by atoms with Crippen molar-refractivity contribution < 1.29 is 61.3 Å². The lowest BCUT2D eigenvalue weighted by molar-refractivity contribution is 0.404. The van der Waals surface area contributed by atoms with Gasteiger partial charge in [0.15, 0.2) is 0 Å². The van der Waals surface area contributed by atoms with Crippen LogP contribution < -0.4 is 0 Å². The standard InChI is InChI=1S/4C22H32O2.C21H30O2S.C21H30O2/c1-14(2)7-6-8-17-12-20(23)22(21(24)13-17)19-11-16(5)9-10-18(19)15(3)4;1-6-15(4)7-9-17-12-20(23)22(21(24)13-17)19-11-16(5)8-10-18(19)14(2)3;1-6-7-8-16(5)17-12-20(23)22(21(24)13-17)19-11-15(4)9-10-18(19)14(2)3;1-5-6-7-8-9-17-13-20(23)22(21(24)14-17)19-12-16(4)10-11-18(19)15(2)3;1-14(2)17-9-8-15(3)11-18(17)21-19(22)12-16(13-20(21)23)7-5-6-10-24-4;1-5-6-7-8-16-12-19(22)21(20(23)13-16)18-11-15(4)9-10-17(18)14(2)3/h11-14,18-19,23-24H,3,6-10H2,1-2,4-5H3;11-13,15,18-19,23-24H,2,6-10H2,1,3-5H3;11-13,16,18-19,23-24H,2,6-10H2,1,3-5H3;12-14,18-19,23-24H,2,5-11H2,1,3-4H3;11-13,17-18,22-23H,1,5-10H2,2-4H3;11-13,17-18,22-23H,2,5-10H2,1,3-4H3/t18-,19+;15?,18-,19+;16?,18-,19+;18-,19+;2*17-,18+/m000000/s1. The number of benzene rings is 6. The minimum absolute atomic E-state index is 0.0104. The Bertz CT molecular complexity index is 5170. The van der Waals surface area contributed by atoms with Crippen molar-refractivity contribution in [1.29, 1.82) is 0 Å². The van der Waals surface area contributed by atoms with Crippen molar-refractivity contribution in [2.75, 3.05) is 12.0 Å². The van der Waals surface area contributed by atoms with Crippen LogP contribution in [0.15, 0.2) is 216 Å². The van der Waals surface area contributed by atoms with E-state index in [4.69, 9.17) is 0 Å². The van der Waals surface area contributed by atoms with E-state index in [1.54, 1.807) is 0 Å². The molecule has 0 amide bonds. The molecule has 0 saturated heterocycles. The molecule has 13 heteroatoms. The molecule has 2 unspecified atom stereocenters. The lowest BCUT2D eigenvalue weighted by Crippen LogP contribution is -2.17. The van der Waals surface area contributed by atoms with Crippen LogP contribution in [0, 0.1) is 47.3 Å². The molecule has 0 aromatic heterocycles. The number of aryl methyl sites for hydroxylation is 5. The number of hydrogen-bond acceptors (Lipinski definition) is 13. The highest BCUT2D eigenvalue weighted by Crippen LogP contribution is 2.55. The van der Waals surface area contributed by atoms with Gasteiger partial charge in [0.2, 0.25) is 0 Å². The van der Waals surface area contributed by atoms with E-state index < -0.39 is 0 Å². The predicted molar refractivity (Wildman–Crippen MR) is 609 cm³/mol. The van der Waals surface area contributed by atoms with Crippen LogP contribution in [-0.4, -0.2) is 73.3 Å². The van der Waals surface area contributed by atoms with Crippen LogP contribution in [0.1, 0.15) is 426 Å². The van der Waals surface area contributed by atoms with Gasteiger partial charge in [-0.25, -0.2) is 0 Å². The summed E-state index contributed by atoms with van der Waals surface area (Å²) in [4.78, 5) is 0. The summed E-state index contributed by atoms with van der Waals surface area (Å²) < 4.78 is 0. The zero-order valence-corrected chi connectivity index (χ0v) is 92.9. The van der Waals surface area contributed by atoms with Crippen molar-refractivity contribution >= 4 is 11.8 Å². The quantitative estimate of drug-likeness (QED) is 0.0128. The summed E-state index contributed by atoms with van der Waals surface area (Å²) in [6, 6.07) is 22.1. The molecule has 12 rings (SSSR count). The van der Waals surface area contributed by atoms with Gasteiger partial charge < -0.3 is 61.3 Å². The summed E-state index contributed by atoms with van der Waals surface area (Å²) in [6.07, 6.45) is 50.5. The van der Waals surface area contributed by atoms with Gasteiger partial charge >= 0.3 is 0 Å². The first-order valence-corrected chi connectivity index (χ1v) is 55.9. The zero-order chi connectivity index (χ0) is 106. The third kappa shape index (κ3) is 35.8. The molecule has 14 atom stereocenters. The molecule has 12 nitrogen and oxygen atoms in total. The minimum atomic E-state index is 0.0104. The minimum Gasteiger partial charge on any atom is -0.507 e. The molecule has 12 N–H and O–H groups in total. The van der Waals surface area contributed by atoms with Gasteiger partial charge in [-0.3, -0.25) is 0 Å². The van der Waals surface area contributed by atoms with Crippen molar-refractivity contribution in [3.8, 4) is 69.0 Å². The van der Waals surface area contributed by atoms with Gasteiger partial charge in [0, 0.05) is 68.9 Å². The van der Waals surface area contributed by atoms with Crippen LogP contribution >= 0.6 is 11.8 Å². The Kier molecular flexibility index (Phi) is 49.6. The van der Waals surface area contributed by atoms with E-state index in [0.717, 1.165) is 252 Å². The van der Waals surface area contributed by atoms with Crippen molar-refractivity contribution in [1.82, 2.24) is 0 Å². The summed E-state index contributed by atoms with van der Waals surface area (Å²) in [5, 5.41) is 127. The zero-order valence-electron chi connectivity index (χ0n) is 92.1. The Morgan fingerprint density at radius 2 is 0.497 bits per heavy atom. The van der Waals surface area contributed by atoms with Gasteiger partial charge in [0.05, 0.1) is 0 Å². The monoisotopic (exact) mass is 1970 g/mol. The SMILES string of the molecule is C=C(C)[C@@H]1CCC(C)=C[C@H]1c1c(O)cc(C(C)CCCC)cc1O.C=C(C)[C@@H]1CCC(C)=C[C@H]1c1c(O)cc(CCC(C)CC)cc1O.C=C(C)[C@@H]1CCC(C)=C[C@H]1c1c(O)cc(CCCC(C)C)cc1O.C=C(C)[C@@H]1CCC(C)=C[C@H]1c1c(O)cc(CCCCC)cc1O.C=C(C)[C@@H]1CCC(C)=C[C@H]1c1c(O)cc(CCCCCC)cc1O.C=C(C)[C@@H]1CCC(C)=C[C@H]1c1c(O)cc(CCCCSC)cc1O. The number of unbranched alkanes of at least 4 members (excludes halogenated alkanes) is 7. The molecule has 0 heterocycles. The smallest absolute Gasteiger partial charge is 0.123 e. The largest absolute Gasteiger partial charge is 0.507 e. The van der Waals surface area contributed by atoms with Gasteiger partial charge in [0.1, 0.15) is 69.0 Å². The van der Waals surface area contributed by atoms with Crippen LogP contribution in [0.4, 0.5) is 0 Å². The molecule has 6 aromatic rings. The molecule has 0 aliphatic heterocycles.